The van der Waals surface area contributed by atoms with E-state index in [1.165, 1.54) is 51.4 Å². The van der Waals surface area contributed by atoms with Gasteiger partial charge >= 0.3 is 0 Å². The highest BCUT2D eigenvalue weighted by Gasteiger charge is 2.55. The predicted octanol–water partition coefficient (Wildman–Crippen LogP) is 4.70. The Morgan fingerprint density at radius 3 is 2.70 bits per heavy atom. The van der Waals surface area contributed by atoms with Gasteiger partial charge in [0.25, 0.3) is 0 Å². The summed E-state index contributed by atoms with van der Waals surface area (Å²) in [6.45, 7) is 5.11. The van der Waals surface area contributed by atoms with Gasteiger partial charge in [0.1, 0.15) is 0 Å². The smallest absolute Gasteiger partial charge is 0.0724 e. The van der Waals surface area contributed by atoms with E-state index in [0.29, 0.717) is 10.8 Å². The minimum absolute atomic E-state index is 0.157. The molecule has 1 nitrogen and oxygen atoms in total. The average Bonchev–Trinajstić information content (AvgIpc) is 2.81. The van der Waals surface area contributed by atoms with E-state index in [1.807, 2.05) is 0 Å². The Hall–Kier alpha value is -0.300. The van der Waals surface area contributed by atoms with Crippen molar-refractivity contribution in [2.24, 2.45) is 28.6 Å². The van der Waals surface area contributed by atoms with E-state index in [9.17, 15) is 5.11 Å². The Morgan fingerprint density at radius 2 is 1.85 bits per heavy atom. The molecule has 0 radical (unpaired) electrons. The van der Waals surface area contributed by atoms with Gasteiger partial charge in [-0.3, -0.25) is 0 Å². The minimum Gasteiger partial charge on any atom is -0.389 e. The fourth-order valence-electron chi connectivity index (χ4n) is 6.70. The predicted molar refractivity (Wildman–Crippen MR) is 82.3 cm³/mol. The molecule has 0 bridgehead atoms. The standard InChI is InChI=1S/C19H30O/c1-18-9-3-4-16(18)15-6-5-13-12-14(20)7-11-19(13,2)17(15)8-10-18/h12,14-17,20H,3-11H2,1-2H3/t14-,15?,16?,17?,18-,19-/m0/s1. The van der Waals surface area contributed by atoms with Crippen LogP contribution in [0.25, 0.3) is 0 Å². The molecule has 3 saturated carbocycles. The first-order valence-corrected chi connectivity index (χ1v) is 8.92. The van der Waals surface area contributed by atoms with Crippen molar-refractivity contribution in [2.45, 2.75) is 77.7 Å². The van der Waals surface area contributed by atoms with E-state index < -0.39 is 0 Å². The molecule has 3 fully saturated rings. The molecule has 1 heteroatoms. The van der Waals surface area contributed by atoms with E-state index in [0.717, 1.165) is 24.2 Å². The largest absolute Gasteiger partial charge is 0.389 e. The topological polar surface area (TPSA) is 20.2 Å². The molecule has 1 N–H and O–H groups in total. The first kappa shape index (κ1) is 13.4. The lowest BCUT2D eigenvalue weighted by Crippen LogP contribution is -2.49. The van der Waals surface area contributed by atoms with Gasteiger partial charge < -0.3 is 5.11 Å². The highest BCUT2D eigenvalue weighted by Crippen LogP contribution is 2.65. The zero-order valence-electron chi connectivity index (χ0n) is 13.2. The van der Waals surface area contributed by atoms with Crippen molar-refractivity contribution in [1.29, 1.82) is 0 Å². The number of fused-ring (bicyclic) bond motifs is 5. The first-order valence-electron chi connectivity index (χ1n) is 8.92. The minimum atomic E-state index is -0.157. The molecular formula is C19H30O. The van der Waals surface area contributed by atoms with Crippen LogP contribution in [0, 0.1) is 28.6 Å². The van der Waals surface area contributed by atoms with E-state index in [-0.39, 0.29) is 6.10 Å². The molecule has 4 aliphatic carbocycles. The molecule has 0 aromatic carbocycles. The molecule has 0 aromatic rings. The van der Waals surface area contributed by atoms with Crippen molar-refractivity contribution >= 4 is 0 Å². The van der Waals surface area contributed by atoms with Crippen molar-refractivity contribution in [3.05, 3.63) is 11.6 Å². The molecule has 20 heavy (non-hydrogen) atoms. The Balaban J connectivity index is 1.68. The van der Waals surface area contributed by atoms with Gasteiger partial charge in [-0.05, 0) is 80.0 Å². The maximum absolute atomic E-state index is 9.97. The van der Waals surface area contributed by atoms with Gasteiger partial charge in [0, 0.05) is 0 Å². The Morgan fingerprint density at radius 1 is 1.00 bits per heavy atom. The fraction of sp³-hybridized carbons (Fsp3) is 0.895. The summed E-state index contributed by atoms with van der Waals surface area (Å²) in [6, 6.07) is 0. The molecule has 4 aliphatic rings. The van der Waals surface area contributed by atoms with Crippen LogP contribution in [0.3, 0.4) is 0 Å². The second kappa shape index (κ2) is 4.35. The Labute approximate surface area is 123 Å². The second-order valence-electron chi connectivity index (χ2n) is 8.72. The van der Waals surface area contributed by atoms with Crippen LogP contribution in [-0.4, -0.2) is 11.2 Å². The van der Waals surface area contributed by atoms with Crippen LogP contribution in [0.5, 0.6) is 0 Å². The maximum Gasteiger partial charge on any atom is 0.0724 e. The number of aliphatic hydroxyl groups is 1. The summed E-state index contributed by atoms with van der Waals surface area (Å²) in [5, 5.41) is 9.97. The molecule has 4 rings (SSSR count). The monoisotopic (exact) mass is 274 g/mol. The van der Waals surface area contributed by atoms with E-state index in [1.54, 1.807) is 5.57 Å². The van der Waals surface area contributed by atoms with E-state index in [2.05, 4.69) is 19.9 Å². The number of allylic oxidation sites excluding steroid dienone is 1. The lowest BCUT2D eigenvalue weighted by Gasteiger charge is -2.57. The zero-order valence-corrected chi connectivity index (χ0v) is 13.2. The van der Waals surface area contributed by atoms with Gasteiger partial charge in [0.05, 0.1) is 6.10 Å². The van der Waals surface area contributed by atoms with Crippen molar-refractivity contribution in [2.75, 3.05) is 0 Å². The third-order valence-corrected chi connectivity index (χ3v) is 7.87. The van der Waals surface area contributed by atoms with Crippen molar-refractivity contribution in [1.82, 2.24) is 0 Å². The van der Waals surface area contributed by atoms with Crippen LogP contribution in [-0.2, 0) is 0 Å². The fourth-order valence-corrected chi connectivity index (χ4v) is 6.70. The molecule has 0 spiro atoms. The lowest BCUT2D eigenvalue weighted by molar-refractivity contribution is -0.0411. The molecule has 3 unspecified atom stereocenters. The van der Waals surface area contributed by atoms with Crippen LogP contribution in [0.2, 0.25) is 0 Å². The van der Waals surface area contributed by atoms with Gasteiger partial charge in [-0.2, -0.15) is 0 Å². The molecule has 0 amide bonds. The van der Waals surface area contributed by atoms with Crippen LogP contribution < -0.4 is 0 Å². The summed E-state index contributed by atoms with van der Waals surface area (Å²) < 4.78 is 0. The van der Waals surface area contributed by atoms with Crippen LogP contribution in [0.1, 0.15) is 71.6 Å². The van der Waals surface area contributed by atoms with Gasteiger partial charge in [0.15, 0.2) is 0 Å². The molecule has 0 heterocycles. The highest BCUT2D eigenvalue weighted by atomic mass is 16.3. The highest BCUT2D eigenvalue weighted by molar-refractivity contribution is 5.25. The summed E-state index contributed by atoms with van der Waals surface area (Å²) >= 11 is 0. The number of hydrogen-bond donors (Lipinski definition) is 1. The first-order chi connectivity index (χ1) is 9.53. The molecular weight excluding hydrogens is 244 g/mol. The summed E-state index contributed by atoms with van der Waals surface area (Å²) in [4.78, 5) is 0. The third-order valence-electron chi connectivity index (χ3n) is 7.87. The van der Waals surface area contributed by atoms with Gasteiger partial charge in [-0.1, -0.05) is 31.9 Å². The Bertz CT molecular complexity index is 439. The van der Waals surface area contributed by atoms with Gasteiger partial charge in [-0.15, -0.1) is 0 Å². The normalized spacial score (nSPS) is 54.6. The van der Waals surface area contributed by atoms with E-state index >= 15 is 0 Å². The molecule has 0 saturated heterocycles. The van der Waals surface area contributed by atoms with Gasteiger partial charge in [-0.25, -0.2) is 0 Å². The number of rotatable bonds is 0. The Kier molecular flexibility index (Phi) is 2.91. The van der Waals surface area contributed by atoms with Crippen LogP contribution in [0.4, 0.5) is 0 Å². The quantitative estimate of drug-likeness (QED) is 0.635. The summed E-state index contributed by atoms with van der Waals surface area (Å²) in [5.74, 6) is 2.89. The number of aliphatic hydroxyl groups excluding tert-OH is 1. The van der Waals surface area contributed by atoms with Crippen LogP contribution >= 0.6 is 0 Å². The van der Waals surface area contributed by atoms with E-state index in [4.69, 9.17) is 0 Å². The SMILES string of the molecule is C[C@@]12CCCC1C1CCC3=C[C@@H](O)CC[C@]3(C)C1CC2. The lowest BCUT2D eigenvalue weighted by atomic mass is 9.47. The van der Waals surface area contributed by atoms with Crippen molar-refractivity contribution in [3.8, 4) is 0 Å². The maximum atomic E-state index is 9.97. The average molecular weight is 274 g/mol. The molecule has 6 atom stereocenters. The van der Waals surface area contributed by atoms with Crippen molar-refractivity contribution in [3.63, 3.8) is 0 Å². The zero-order chi connectivity index (χ0) is 14.0. The number of hydrogen-bond acceptors (Lipinski definition) is 1. The molecule has 112 valence electrons. The third kappa shape index (κ3) is 1.71. The molecule has 0 aromatic heterocycles. The van der Waals surface area contributed by atoms with Crippen LogP contribution in [0.15, 0.2) is 11.6 Å². The van der Waals surface area contributed by atoms with Gasteiger partial charge in [0.2, 0.25) is 0 Å². The van der Waals surface area contributed by atoms with Crippen molar-refractivity contribution < 1.29 is 5.11 Å². The second-order valence-corrected chi connectivity index (χ2v) is 8.72. The summed E-state index contributed by atoms with van der Waals surface area (Å²) in [5.41, 5.74) is 2.71. The summed E-state index contributed by atoms with van der Waals surface area (Å²) in [6.07, 6.45) is 14.3. The molecule has 0 aliphatic heterocycles. The summed E-state index contributed by atoms with van der Waals surface area (Å²) in [7, 11) is 0.